The van der Waals surface area contributed by atoms with Crippen molar-refractivity contribution in [1.82, 2.24) is 0 Å². The summed E-state index contributed by atoms with van der Waals surface area (Å²) in [5.74, 6) is 0.690. The van der Waals surface area contributed by atoms with Crippen molar-refractivity contribution in [2.45, 2.75) is 32.1 Å². The smallest absolute Gasteiger partial charge is 0.139 e. The third kappa shape index (κ3) is 3.55. The molecule has 0 bridgehead atoms. The number of hydrogen-bond acceptors (Lipinski definition) is 1. The van der Waals surface area contributed by atoms with Crippen molar-refractivity contribution in [1.29, 1.82) is 0 Å². The summed E-state index contributed by atoms with van der Waals surface area (Å²) in [6.07, 6.45) is 6.36. The Bertz CT molecular complexity index is 403. The summed E-state index contributed by atoms with van der Waals surface area (Å²) < 4.78 is 5.90. The second kappa shape index (κ2) is 6.49. The van der Waals surface area contributed by atoms with Gasteiger partial charge in [-0.1, -0.05) is 58.4 Å². The molecule has 100 valence electrons. The molecule has 0 aliphatic heterocycles. The molecule has 0 saturated heterocycles. The van der Waals surface area contributed by atoms with Crippen molar-refractivity contribution < 1.29 is 4.74 Å². The van der Waals surface area contributed by atoms with Crippen molar-refractivity contribution in [2.24, 2.45) is 5.41 Å². The summed E-state index contributed by atoms with van der Waals surface area (Å²) in [6.45, 7) is 0.707. The van der Waals surface area contributed by atoms with E-state index in [4.69, 9.17) is 27.9 Å². The van der Waals surface area contributed by atoms with E-state index in [-0.39, 0.29) is 5.41 Å². The molecule has 1 aromatic carbocycles. The molecule has 0 heterocycles. The van der Waals surface area contributed by atoms with E-state index in [1.807, 2.05) is 0 Å². The van der Waals surface area contributed by atoms with Crippen molar-refractivity contribution in [3.63, 3.8) is 0 Å². The first kappa shape index (κ1) is 14.5. The topological polar surface area (TPSA) is 9.23 Å². The van der Waals surface area contributed by atoms with Crippen LogP contribution >= 0.6 is 39.1 Å². The fourth-order valence-electron chi connectivity index (χ4n) is 2.44. The van der Waals surface area contributed by atoms with Gasteiger partial charge in [-0.05, 0) is 25.0 Å². The Morgan fingerprint density at radius 1 is 1.17 bits per heavy atom. The number of halogens is 3. The molecule has 1 nitrogen and oxygen atoms in total. The van der Waals surface area contributed by atoms with Crippen LogP contribution in [0.3, 0.4) is 0 Å². The zero-order chi connectivity index (χ0) is 13.0. The van der Waals surface area contributed by atoms with Gasteiger partial charge in [0.05, 0.1) is 11.6 Å². The van der Waals surface area contributed by atoms with Crippen LogP contribution in [0.2, 0.25) is 10.0 Å². The zero-order valence-corrected chi connectivity index (χ0v) is 13.3. The van der Waals surface area contributed by atoms with E-state index in [0.717, 1.165) is 5.33 Å². The van der Waals surface area contributed by atoms with Gasteiger partial charge in [-0.3, -0.25) is 0 Å². The Labute approximate surface area is 127 Å². The van der Waals surface area contributed by atoms with Gasteiger partial charge in [-0.25, -0.2) is 0 Å². The lowest BCUT2D eigenvalue weighted by molar-refractivity contribution is 0.122. The standard InChI is InChI=1S/C14H17BrCl2O/c15-9-14(6-2-1-3-7-14)10-18-13-8-11(16)4-5-12(13)17/h4-5,8H,1-3,6-7,9-10H2. The van der Waals surface area contributed by atoms with Gasteiger partial charge >= 0.3 is 0 Å². The minimum absolute atomic E-state index is 0.254. The van der Waals surface area contributed by atoms with Gasteiger partial charge in [-0.15, -0.1) is 0 Å². The van der Waals surface area contributed by atoms with Gasteiger partial charge in [0.25, 0.3) is 0 Å². The Hall–Kier alpha value is 0.0800. The highest BCUT2D eigenvalue weighted by atomic mass is 79.9. The molecule has 4 heteroatoms. The second-order valence-corrected chi connectivity index (χ2v) is 6.46. The van der Waals surface area contributed by atoms with Gasteiger partial charge in [0.2, 0.25) is 0 Å². The first-order valence-corrected chi connectivity index (χ1v) is 8.17. The summed E-state index contributed by atoms with van der Waals surface area (Å²) in [5, 5.41) is 2.27. The number of hydrogen-bond donors (Lipinski definition) is 0. The lowest BCUT2D eigenvalue weighted by Gasteiger charge is -2.35. The lowest BCUT2D eigenvalue weighted by atomic mass is 9.76. The van der Waals surface area contributed by atoms with Crippen LogP contribution in [0.4, 0.5) is 0 Å². The molecule has 18 heavy (non-hydrogen) atoms. The van der Waals surface area contributed by atoms with Crippen molar-refractivity contribution in [2.75, 3.05) is 11.9 Å². The van der Waals surface area contributed by atoms with E-state index in [9.17, 15) is 0 Å². The number of alkyl halides is 1. The SMILES string of the molecule is Clc1ccc(Cl)c(OCC2(CBr)CCCCC2)c1. The van der Waals surface area contributed by atoms with E-state index in [2.05, 4.69) is 15.9 Å². The zero-order valence-electron chi connectivity index (χ0n) is 10.2. The van der Waals surface area contributed by atoms with Gasteiger partial charge in [0, 0.05) is 21.8 Å². The Morgan fingerprint density at radius 2 is 1.89 bits per heavy atom. The molecule has 1 aliphatic carbocycles. The van der Waals surface area contributed by atoms with Crippen LogP contribution in [0.1, 0.15) is 32.1 Å². The molecule has 1 aromatic rings. The fraction of sp³-hybridized carbons (Fsp3) is 0.571. The Morgan fingerprint density at radius 3 is 2.56 bits per heavy atom. The van der Waals surface area contributed by atoms with E-state index in [1.165, 1.54) is 32.1 Å². The van der Waals surface area contributed by atoms with E-state index in [1.54, 1.807) is 18.2 Å². The number of rotatable bonds is 4. The minimum Gasteiger partial charge on any atom is -0.491 e. The monoisotopic (exact) mass is 350 g/mol. The highest BCUT2D eigenvalue weighted by Crippen LogP contribution is 2.39. The molecule has 0 aromatic heterocycles. The van der Waals surface area contributed by atoms with Crippen molar-refractivity contribution >= 4 is 39.1 Å². The highest BCUT2D eigenvalue weighted by Gasteiger charge is 2.32. The molecule has 2 rings (SSSR count). The molecule has 0 unspecified atom stereocenters. The van der Waals surface area contributed by atoms with Crippen LogP contribution in [0.25, 0.3) is 0 Å². The quantitative estimate of drug-likeness (QED) is 0.630. The maximum Gasteiger partial charge on any atom is 0.139 e. The first-order valence-electron chi connectivity index (χ1n) is 6.29. The predicted molar refractivity (Wildman–Crippen MR) is 81.3 cm³/mol. The average molecular weight is 352 g/mol. The Kier molecular flexibility index (Phi) is 5.23. The predicted octanol–water partition coefficient (Wildman–Crippen LogP) is 5.72. The van der Waals surface area contributed by atoms with E-state index in [0.29, 0.717) is 22.4 Å². The molecular formula is C14H17BrCl2O. The van der Waals surface area contributed by atoms with Crippen molar-refractivity contribution in [3.05, 3.63) is 28.2 Å². The lowest BCUT2D eigenvalue weighted by Crippen LogP contribution is -2.32. The molecule has 0 spiro atoms. The third-order valence-electron chi connectivity index (χ3n) is 3.62. The molecule has 0 N–H and O–H groups in total. The van der Waals surface area contributed by atoms with E-state index >= 15 is 0 Å². The maximum atomic E-state index is 6.11. The van der Waals surface area contributed by atoms with Gasteiger partial charge in [0.15, 0.2) is 0 Å². The second-order valence-electron chi connectivity index (χ2n) is 5.06. The van der Waals surface area contributed by atoms with E-state index < -0.39 is 0 Å². The summed E-state index contributed by atoms with van der Waals surface area (Å²) in [4.78, 5) is 0. The summed E-state index contributed by atoms with van der Waals surface area (Å²) in [7, 11) is 0. The van der Waals surface area contributed by atoms with Crippen LogP contribution in [-0.2, 0) is 0 Å². The third-order valence-corrected chi connectivity index (χ3v) is 5.36. The minimum atomic E-state index is 0.254. The molecule has 1 saturated carbocycles. The summed E-state index contributed by atoms with van der Waals surface area (Å²) in [5.41, 5.74) is 0.254. The maximum absolute atomic E-state index is 6.11. The Balaban J connectivity index is 2.03. The molecule has 1 fully saturated rings. The molecular weight excluding hydrogens is 335 g/mol. The van der Waals surface area contributed by atoms with Gasteiger partial charge in [-0.2, -0.15) is 0 Å². The first-order chi connectivity index (χ1) is 8.65. The number of benzene rings is 1. The highest BCUT2D eigenvalue weighted by molar-refractivity contribution is 9.09. The van der Waals surface area contributed by atoms with Crippen molar-refractivity contribution in [3.8, 4) is 5.75 Å². The van der Waals surface area contributed by atoms with Crippen LogP contribution < -0.4 is 4.74 Å². The average Bonchev–Trinajstić information content (AvgIpc) is 2.41. The summed E-state index contributed by atoms with van der Waals surface area (Å²) >= 11 is 15.7. The summed E-state index contributed by atoms with van der Waals surface area (Å²) in [6, 6.07) is 5.34. The molecule has 0 amide bonds. The van der Waals surface area contributed by atoms with Crippen LogP contribution in [0.15, 0.2) is 18.2 Å². The molecule has 1 aliphatic rings. The van der Waals surface area contributed by atoms with Crippen LogP contribution in [0, 0.1) is 5.41 Å². The van der Waals surface area contributed by atoms with Gasteiger partial charge < -0.3 is 4.74 Å². The van der Waals surface area contributed by atoms with Crippen LogP contribution in [-0.4, -0.2) is 11.9 Å². The number of ether oxygens (including phenoxy) is 1. The molecule has 0 radical (unpaired) electrons. The largest absolute Gasteiger partial charge is 0.491 e. The van der Waals surface area contributed by atoms with Gasteiger partial charge in [0.1, 0.15) is 5.75 Å². The van der Waals surface area contributed by atoms with Crippen LogP contribution in [0.5, 0.6) is 5.75 Å². The fourth-order valence-corrected chi connectivity index (χ4v) is 3.49. The molecule has 0 atom stereocenters. The normalized spacial score (nSPS) is 18.6.